The fraction of sp³-hybridized carbons (Fsp3) is 0.190. The molecule has 1 aromatic heterocycles. The van der Waals surface area contributed by atoms with E-state index in [-0.39, 0.29) is 19.0 Å². The molecule has 0 amide bonds. The van der Waals surface area contributed by atoms with Gasteiger partial charge in [0.15, 0.2) is 0 Å². The summed E-state index contributed by atoms with van der Waals surface area (Å²) in [6.45, 7) is 4.15. The molecular formula is C21H19BrFNO3. The molecule has 2 aromatic carbocycles. The van der Waals surface area contributed by atoms with Crippen molar-refractivity contribution in [3.63, 3.8) is 0 Å². The zero-order valence-electron chi connectivity index (χ0n) is 15.0. The third-order valence-corrected chi connectivity index (χ3v) is 4.66. The van der Waals surface area contributed by atoms with E-state index in [1.165, 1.54) is 12.1 Å². The fourth-order valence-electron chi connectivity index (χ4n) is 2.86. The molecule has 0 saturated heterocycles. The summed E-state index contributed by atoms with van der Waals surface area (Å²) in [4.78, 5) is 12.4. The van der Waals surface area contributed by atoms with Crippen LogP contribution in [0, 0.1) is 19.7 Å². The van der Waals surface area contributed by atoms with Crippen molar-refractivity contribution < 1.29 is 18.7 Å². The van der Waals surface area contributed by atoms with Gasteiger partial charge < -0.3 is 14.0 Å². The summed E-state index contributed by atoms with van der Waals surface area (Å²) in [6, 6.07) is 15.3. The molecule has 0 aliphatic heterocycles. The topological polar surface area (TPSA) is 40.5 Å². The molecule has 140 valence electrons. The van der Waals surface area contributed by atoms with Crippen LogP contribution in [0.15, 0.2) is 59.1 Å². The van der Waals surface area contributed by atoms with Gasteiger partial charge in [-0.25, -0.2) is 9.18 Å². The van der Waals surface area contributed by atoms with Crippen LogP contribution < -0.4 is 4.74 Å². The van der Waals surface area contributed by atoms with Crippen LogP contribution >= 0.6 is 15.9 Å². The first-order chi connectivity index (χ1) is 13.0. The van der Waals surface area contributed by atoms with Crippen LogP contribution in [-0.4, -0.2) is 23.8 Å². The van der Waals surface area contributed by atoms with Crippen molar-refractivity contribution in [2.24, 2.45) is 0 Å². The van der Waals surface area contributed by atoms with Crippen LogP contribution in [-0.2, 0) is 4.74 Å². The number of carbonyl (C=O) groups is 1. The molecule has 27 heavy (non-hydrogen) atoms. The third-order valence-electron chi connectivity index (χ3n) is 4.13. The van der Waals surface area contributed by atoms with E-state index in [4.69, 9.17) is 9.47 Å². The molecular weight excluding hydrogens is 413 g/mol. The summed E-state index contributed by atoms with van der Waals surface area (Å²) in [5, 5.41) is 0. The highest BCUT2D eigenvalue weighted by atomic mass is 79.9. The van der Waals surface area contributed by atoms with Crippen molar-refractivity contribution in [2.45, 2.75) is 13.8 Å². The molecule has 0 spiro atoms. The summed E-state index contributed by atoms with van der Waals surface area (Å²) in [6.07, 6.45) is 0. The van der Waals surface area contributed by atoms with Crippen molar-refractivity contribution in [3.05, 3.63) is 81.8 Å². The third kappa shape index (κ3) is 4.57. The molecule has 0 saturated carbocycles. The van der Waals surface area contributed by atoms with Crippen molar-refractivity contribution in [1.82, 2.24) is 4.57 Å². The lowest BCUT2D eigenvalue weighted by atomic mass is 10.2. The number of esters is 1. The van der Waals surface area contributed by atoms with Gasteiger partial charge in [0, 0.05) is 21.5 Å². The minimum absolute atomic E-state index is 0.148. The van der Waals surface area contributed by atoms with E-state index in [2.05, 4.69) is 15.9 Å². The number of hydrogen-bond donors (Lipinski definition) is 0. The Balaban J connectivity index is 1.62. The molecule has 6 heteroatoms. The number of ether oxygens (including phenoxy) is 2. The molecule has 0 radical (unpaired) electrons. The minimum Gasteiger partial charge on any atom is -0.490 e. The number of carbonyl (C=O) groups excluding carboxylic acids is 1. The number of halogens is 2. The number of benzene rings is 2. The van der Waals surface area contributed by atoms with Gasteiger partial charge in [0.2, 0.25) is 0 Å². The molecule has 0 aliphatic carbocycles. The zero-order chi connectivity index (χ0) is 19.4. The Hall–Kier alpha value is -2.60. The van der Waals surface area contributed by atoms with Gasteiger partial charge in [0.25, 0.3) is 0 Å². The second-order valence-electron chi connectivity index (χ2n) is 6.03. The molecule has 0 fully saturated rings. The molecule has 0 bridgehead atoms. The molecule has 0 N–H and O–H groups in total. The molecule has 3 aromatic rings. The summed E-state index contributed by atoms with van der Waals surface area (Å²) in [5.41, 5.74) is 2.90. The van der Waals surface area contributed by atoms with Crippen molar-refractivity contribution in [3.8, 4) is 11.4 Å². The Morgan fingerprint density at radius 2 is 1.70 bits per heavy atom. The smallest absolute Gasteiger partial charge is 0.340 e. The van der Waals surface area contributed by atoms with E-state index in [1.807, 2.05) is 42.7 Å². The summed E-state index contributed by atoms with van der Waals surface area (Å²) < 4.78 is 26.9. The summed E-state index contributed by atoms with van der Waals surface area (Å²) in [5.74, 6) is 0.00576. The van der Waals surface area contributed by atoms with Crippen molar-refractivity contribution in [2.75, 3.05) is 13.2 Å². The highest BCUT2D eigenvalue weighted by Crippen LogP contribution is 2.22. The van der Waals surface area contributed by atoms with E-state index in [0.717, 1.165) is 21.5 Å². The van der Waals surface area contributed by atoms with Gasteiger partial charge in [0.05, 0.1) is 5.56 Å². The SMILES string of the molecule is Cc1cc(C(=O)OCCOc2ccc(Br)cc2)c(C)n1-c1ccc(F)cc1. The highest BCUT2D eigenvalue weighted by molar-refractivity contribution is 9.10. The zero-order valence-corrected chi connectivity index (χ0v) is 16.6. The first kappa shape index (κ1) is 19.2. The predicted octanol–water partition coefficient (Wildman–Crippen LogP) is 5.23. The standard InChI is InChI=1S/C21H19BrFNO3/c1-14-13-20(15(2)24(14)18-7-5-17(23)6-8-18)21(25)27-12-11-26-19-9-3-16(22)4-10-19/h3-10,13H,11-12H2,1-2H3. The Kier molecular flexibility index (Phi) is 5.96. The second kappa shape index (κ2) is 8.39. The quantitative estimate of drug-likeness (QED) is 0.396. The molecule has 3 rings (SSSR count). The van der Waals surface area contributed by atoms with Crippen LogP contribution in [0.5, 0.6) is 5.75 Å². The van der Waals surface area contributed by atoms with Gasteiger partial charge in [-0.3, -0.25) is 0 Å². The lowest BCUT2D eigenvalue weighted by molar-refractivity contribution is 0.0449. The van der Waals surface area contributed by atoms with Gasteiger partial charge in [-0.2, -0.15) is 0 Å². The number of aromatic nitrogens is 1. The first-order valence-corrected chi connectivity index (χ1v) is 9.25. The lowest BCUT2D eigenvalue weighted by Gasteiger charge is -2.10. The van der Waals surface area contributed by atoms with Gasteiger partial charge in [-0.1, -0.05) is 15.9 Å². The van der Waals surface area contributed by atoms with Crippen LogP contribution in [0.25, 0.3) is 5.69 Å². The number of rotatable bonds is 6. The van der Waals surface area contributed by atoms with E-state index in [0.29, 0.717) is 11.3 Å². The average molecular weight is 432 g/mol. The van der Waals surface area contributed by atoms with Gasteiger partial charge in [0.1, 0.15) is 24.8 Å². The molecule has 1 heterocycles. The minimum atomic E-state index is -0.407. The van der Waals surface area contributed by atoms with Crippen molar-refractivity contribution >= 4 is 21.9 Å². The van der Waals surface area contributed by atoms with Gasteiger partial charge >= 0.3 is 5.97 Å². The summed E-state index contributed by atoms with van der Waals surface area (Å²) >= 11 is 3.36. The second-order valence-corrected chi connectivity index (χ2v) is 6.95. The van der Waals surface area contributed by atoms with Crippen molar-refractivity contribution in [1.29, 1.82) is 0 Å². The normalized spacial score (nSPS) is 10.7. The Bertz CT molecular complexity index is 933. The first-order valence-electron chi connectivity index (χ1n) is 8.46. The van der Waals surface area contributed by atoms with E-state index < -0.39 is 5.97 Å². The largest absolute Gasteiger partial charge is 0.490 e. The fourth-order valence-corrected chi connectivity index (χ4v) is 3.12. The number of aryl methyl sites for hydroxylation is 1. The monoisotopic (exact) mass is 431 g/mol. The lowest BCUT2D eigenvalue weighted by Crippen LogP contribution is -2.13. The van der Waals surface area contributed by atoms with Gasteiger partial charge in [-0.15, -0.1) is 0 Å². The van der Waals surface area contributed by atoms with E-state index in [1.54, 1.807) is 18.2 Å². The highest BCUT2D eigenvalue weighted by Gasteiger charge is 2.18. The van der Waals surface area contributed by atoms with Crippen LogP contribution in [0.2, 0.25) is 0 Å². The Morgan fingerprint density at radius 1 is 1.04 bits per heavy atom. The average Bonchev–Trinajstić information content (AvgIpc) is 2.95. The maximum atomic E-state index is 13.2. The maximum Gasteiger partial charge on any atom is 0.340 e. The van der Waals surface area contributed by atoms with E-state index >= 15 is 0 Å². The number of hydrogen-bond acceptors (Lipinski definition) is 3. The summed E-state index contributed by atoms with van der Waals surface area (Å²) in [7, 11) is 0. The number of nitrogens with zero attached hydrogens (tertiary/aromatic N) is 1. The Morgan fingerprint density at radius 3 is 2.37 bits per heavy atom. The predicted molar refractivity (Wildman–Crippen MR) is 105 cm³/mol. The molecule has 0 unspecified atom stereocenters. The van der Waals surface area contributed by atoms with E-state index in [9.17, 15) is 9.18 Å². The maximum absolute atomic E-state index is 13.2. The van der Waals surface area contributed by atoms with Crippen LogP contribution in [0.4, 0.5) is 4.39 Å². The molecule has 0 aliphatic rings. The van der Waals surface area contributed by atoms with Crippen LogP contribution in [0.1, 0.15) is 21.7 Å². The van der Waals surface area contributed by atoms with Gasteiger partial charge in [-0.05, 0) is 68.4 Å². The van der Waals surface area contributed by atoms with Crippen LogP contribution in [0.3, 0.4) is 0 Å². The Labute approximate surface area is 165 Å². The molecule has 4 nitrogen and oxygen atoms in total. The molecule has 0 atom stereocenters.